The monoisotopic (exact) mass is 207 g/mol. The van der Waals surface area contributed by atoms with Gasteiger partial charge in [-0.2, -0.15) is 4.99 Å². The predicted octanol–water partition coefficient (Wildman–Crippen LogP) is 1.29. The zero-order valence-electron chi connectivity index (χ0n) is 8.06. The second kappa shape index (κ2) is 4.93. The third kappa shape index (κ3) is 2.93. The lowest BCUT2D eigenvalue weighted by atomic mass is 10.1. The van der Waals surface area contributed by atoms with Gasteiger partial charge in [0.25, 0.3) is 0 Å². The topological polar surface area (TPSA) is 76.0 Å². The molecule has 0 fully saturated rings. The van der Waals surface area contributed by atoms with Crippen LogP contribution in [-0.4, -0.2) is 24.3 Å². The molecule has 0 amide bonds. The molecule has 1 aromatic rings. The Morgan fingerprint density at radius 1 is 1.60 bits per heavy atom. The number of aliphatic imine (C=N–C) groups is 1. The number of carboxylic acids is 1. The fourth-order valence-electron chi connectivity index (χ4n) is 1.16. The van der Waals surface area contributed by atoms with Gasteiger partial charge in [-0.15, -0.1) is 0 Å². The summed E-state index contributed by atoms with van der Waals surface area (Å²) in [7, 11) is 1.44. The zero-order valence-corrected chi connectivity index (χ0v) is 8.06. The molecule has 0 aliphatic carbocycles. The Morgan fingerprint density at radius 2 is 2.33 bits per heavy atom. The van der Waals surface area contributed by atoms with Gasteiger partial charge in [-0.25, -0.2) is 4.79 Å². The normalized spacial score (nSPS) is 9.13. The maximum atomic E-state index is 10.5. The van der Waals surface area contributed by atoms with Crippen molar-refractivity contribution in [2.24, 2.45) is 4.99 Å². The van der Waals surface area contributed by atoms with Gasteiger partial charge in [0.05, 0.1) is 13.5 Å². The Bertz CT molecular complexity index is 421. The summed E-state index contributed by atoms with van der Waals surface area (Å²) in [6.07, 6.45) is 1.27. The molecule has 0 saturated carbocycles. The molecule has 0 heterocycles. The lowest BCUT2D eigenvalue weighted by Gasteiger charge is -2.04. The first-order valence-corrected chi connectivity index (χ1v) is 4.14. The Kier molecular flexibility index (Phi) is 3.60. The van der Waals surface area contributed by atoms with Gasteiger partial charge in [0.2, 0.25) is 6.08 Å². The molecule has 1 rings (SSSR count). The molecule has 0 unspecified atom stereocenters. The Balaban J connectivity index is 3.09. The summed E-state index contributed by atoms with van der Waals surface area (Å²) in [5.74, 6) is -0.534. The summed E-state index contributed by atoms with van der Waals surface area (Å²) < 4.78 is 4.94. The molecule has 0 saturated heterocycles. The number of carboxylic acid groups (broad SMARTS) is 1. The van der Waals surface area contributed by atoms with Gasteiger partial charge in [-0.05, 0) is 17.7 Å². The zero-order chi connectivity index (χ0) is 11.3. The highest BCUT2D eigenvalue weighted by molar-refractivity contribution is 5.71. The second-order valence-electron chi connectivity index (χ2n) is 2.78. The number of isocyanates is 1. The maximum absolute atomic E-state index is 10.5. The molecule has 0 aliphatic rings. The highest BCUT2D eigenvalue weighted by Gasteiger charge is 2.06. The minimum Gasteiger partial charge on any atom is -0.494 e. The van der Waals surface area contributed by atoms with Crippen molar-refractivity contribution in [1.29, 1.82) is 0 Å². The van der Waals surface area contributed by atoms with Crippen molar-refractivity contribution in [3.8, 4) is 5.75 Å². The summed E-state index contributed by atoms with van der Waals surface area (Å²) in [4.78, 5) is 24.0. The van der Waals surface area contributed by atoms with Crippen molar-refractivity contribution in [3.63, 3.8) is 0 Å². The number of ether oxygens (including phenoxy) is 1. The number of nitrogens with zero attached hydrogens (tertiary/aromatic N) is 1. The number of aliphatic carboxylic acids is 1. The van der Waals surface area contributed by atoms with Crippen LogP contribution in [0.3, 0.4) is 0 Å². The van der Waals surface area contributed by atoms with Gasteiger partial charge < -0.3 is 9.84 Å². The van der Waals surface area contributed by atoms with Crippen molar-refractivity contribution < 1.29 is 19.4 Å². The van der Waals surface area contributed by atoms with Crippen molar-refractivity contribution in [2.75, 3.05) is 7.11 Å². The quantitative estimate of drug-likeness (QED) is 0.596. The number of hydrogen-bond acceptors (Lipinski definition) is 4. The predicted molar refractivity (Wildman–Crippen MR) is 52.1 cm³/mol. The van der Waals surface area contributed by atoms with E-state index in [-0.39, 0.29) is 12.1 Å². The third-order valence-corrected chi connectivity index (χ3v) is 1.76. The van der Waals surface area contributed by atoms with E-state index >= 15 is 0 Å². The van der Waals surface area contributed by atoms with Gasteiger partial charge >= 0.3 is 5.97 Å². The standard InChI is InChI=1S/C10H9NO4/c1-15-9-3-2-7(5-10(13)14)4-8(9)11-6-12/h2-4H,5H2,1H3,(H,13,14). The molecule has 0 atom stereocenters. The second-order valence-corrected chi connectivity index (χ2v) is 2.78. The minimum atomic E-state index is -0.943. The summed E-state index contributed by atoms with van der Waals surface area (Å²) in [6.45, 7) is 0. The summed E-state index contributed by atoms with van der Waals surface area (Å²) >= 11 is 0. The van der Waals surface area contributed by atoms with Crippen molar-refractivity contribution in [2.45, 2.75) is 6.42 Å². The molecule has 0 radical (unpaired) electrons. The average molecular weight is 207 g/mol. The number of carbonyl (C=O) groups excluding carboxylic acids is 1. The largest absolute Gasteiger partial charge is 0.494 e. The number of carbonyl (C=O) groups is 1. The van der Waals surface area contributed by atoms with Crippen molar-refractivity contribution in [1.82, 2.24) is 0 Å². The van der Waals surface area contributed by atoms with Crippen LogP contribution in [0.1, 0.15) is 5.56 Å². The van der Waals surface area contributed by atoms with E-state index in [1.807, 2.05) is 0 Å². The van der Waals surface area contributed by atoms with Gasteiger partial charge in [0.15, 0.2) is 0 Å². The van der Waals surface area contributed by atoms with Crippen LogP contribution in [0.25, 0.3) is 0 Å². The SMILES string of the molecule is COc1ccc(CC(=O)O)cc1N=C=O. The first-order valence-electron chi connectivity index (χ1n) is 4.14. The number of benzene rings is 1. The number of methoxy groups -OCH3 is 1. The Hall–Kier alpha value is -2.13. The van der Waals surface area contributed by atoms with E-state index in [0.29, 0.717) is 11.3 Å². The molecule has 0 spiro atoms. The number of hydrogen-bond donors (Lipinski definition) is 1. The van der Waals surface area contributed by atoms with Gasteiger partial charge in [-0.1, -0.05) is 6.07 Å². The molecule has 78 valence electrons. The van der Waals surface area contributed by atoms with Crippen LogP contribution >= 0.6 is 0 Å². The summed E-state index contributed by atoms with van der Waals surface area (Å²) in [5.41, 5.74) is 0.837. The minimum absolute atomic E-state index is 0.120. The molecule has 5 heteroatoms. The van der Waals surface area contributed by atoms with E-state index in [2.05, 4.69) is 4.99 Å². The van der Waals surface area contributed by atoms with E-state index < -0.39 is 5.97 Å². The third-order valence-electron chi connectivity index (χ3n) is 1.76. The molecule has 0 aromatic heterocycles. The van der Waals surface area contributed by atoms with Crippen LogP contribution in [0, 0.1) is 0 Å². The molecular weight excluding hydrogens is 198 g/mol. The van der Waals surface area contributed by atoms with Crippen molar-refractivity contribution >= 4 is 17.7 Å². The smallest absolute Gasteiger partial charge is 0.307 e. The van der Waals surface area contributed by atoms with Gasteiger partial charge in [0, 0.05) is 0 Å². The first kappa shape index (κ1) is 10.9. The van der Waals surface area contributed by atoms with E-state index in [1.165, 1.54) is 19.3 Å². The van der Waals surface area contributed by atoms with E-state index in [1.54, 1.807) is 12.1 Å². The molecule has 1 N–H and O–H groups in total. The highest BCUT2D eigenvalue weighted by atomic mass is 16.5. The number of rotatable bonds is 4. The molecule has 1 aromatic carbocycles. The molecule has 0 aliphatic heterocycles. The average Bonchev–Trinajstić information content (AvgIpc) is 2.18. The molecule has 15 heavy (non-hydrogen) atoms. The summed E-state index contributed by atoms with van der Waals surface area (Å²) in [6, 6.07) is 4.66. The fourth-order valence-corrected chi connectivity index (χ4v) is 1.16. The Morgan fingerprint density at radius 3 is 2.87 bits per heavy atom. The van der Waals surface area contributed by atoms with Crippen LogP contribution < -0.4 is 4.74 Å². The lowest BCUT2D eigenvalue weighted by Crippen LogP contribution is -1.99. The van der Waals surface area contributed by atoms with Crippen molar-refractivity contribution in [3.05, 3.63) is 23.8 Å². The van der Waals surface area contributed by atoms with Crippen LogP contribution in [0.4, 0.5) is 5.69 Å². The van der Waals surface area contributed by atoms with E-state index in [4.69, 9.17) is 9.84 Å². The maximum Gasteiger partial charge on any atom is 0.307 e. The van der Waals surface area contributed by atoms with Crippen LogP contribution in [0.2, 0.25) is 0 Å². The highest BCUT2D eigenvalue weighted by Crippen LogP contribution is 2.27. The molecule has 0 bridgehead atoms. The van der Waals surface area contributed by atoms with Crippen LogP contribution in [-0.2, 0) is 16.0 Å². The van der Waals surface area contributed by atoms with Gasteiger partial charge in [-0.3, -0.25) is 4.79 Å². The molecular formula is C10H9NO4. The lowest BCUT2D eigenvalue weighted by molar-refractivity contribution is -0.136. The first-order chi connectivity index (χ1) is 7.17. The fraction of sp³-hybridized carbons (Fsp3) is 0.200. The molecule has 5 nitrogen and oxygen atoms in total. The van der Waals surface area contributed by atoms with E-state index in [0.717, 1.165) is 0 Å². The van der Waals surface area contributed by atoms with Crippen LogP contribution in [0.5, 0.6) is 5.75 Å². The van der Waals surface area contributed by atoms with Crippen LogP contribution in [0.15, 0.2) is 23.2 Å². The Labute approximate surface area is 86.0 Å². The van der Waals surface area contributed by atoms with Gasteiger partial charge in [0.1, 0.15) is 11.4 Å². The summed E-state index contributed by atoms with van der Waals surface area (Å²) in [5, 5.41) is 8.57. The van der Waals surface area contributed by atoms with E-state index in [9.17, 15) is 9.59 Å².